The number of hydrogen-bond acceptors (Lipinski definition) is 6. The van der Waals surface area contributed by atoms with Crippen LogP contribution in [0.1, 0.15) is 0 Å². The van der Waals surface area contributed by atoms with Gasteiger partial charge in [-0.1, -0.05) is 6.07 Å². The molecule has 0 fully saturated rings. The molecule has 0 aliphatic carbocycles. The zero-order valence-electron chi connectivity index (χ0n) is 8.59. The van der Waals surface area contributed by atoms with Crippen LogP contribution in [-0.2, 0) is 0 Å². The van der Waals surface area contributed by atoms with Gasteiger partial charge in [0.05, 0.1) is 0 Å². The zero-order valence-corrected chi connectivity index (χ0v) is 9.41. The van der Waals surface area contributed by atoms with Gasteiger partial charge in [0.2, 0.25) is 5.13 Å². The summed E-state index contributed by atoms with van der Waals surface area (Å²) in [5.41, 5.74) is 6.29. The molecular formula is C10H12N4OS. The van der Waals surface area contributed by atoms with Crippen LogP contribution in [0.3, 0.4) is 0 Å². The molecule has 0 amide bonds. The van der Waals surface area contributed by atoms with Crippen molar-refractivity contribution in [1.29, 1.82) is 0 Å². The molecule has 1 heterocycles. The van der Waals surface area contributed by atoms with Gasteiger partial charge in [0, 0.05) is 29.8 Å². The highest BCUT2D eigenvalue weighted by Crippen LogP contribution is 2.21. The number of rotatable bonds is 5. The molecular weight excluding hydrogens is 224 g/mol. The highest BCUT2D eigenvalue weighted by Gasteiger charge is 1.99. The third-order valence-electron chi connectivity index (χ3n) is 1.83. The number of nitrogens with one attached hydrogen (secondary N) is 1. The van der Waals surface area contributed by atoms with Crippen molar-refractivity contribution in [2.24, 2.45) is 5.73 Å². The predicted octanol–water partition coefficient (Wildman–Crippen LogP) is 1.62. The molecule has 0 unspecified atom stereocenters. The molecule has 0 aliphatic rings. The van der Waals surface area contributed by atoms with E-state index in [0.29, 0.717) is 13.2 Å². The lowest BCUT2D eigenvalue weighted by molar-refractivity contribution is 0.328. The van der Waals surface area contributed by atoms with Crippen LogP contribution in [0, 0.1) is 0 Å². The van der Waals surface area contributed by atoms with Crippen molar-refractivity contribution >= 4 is 22.4 Å². The highest BCUT2D eigenvalue weighted by atomic mass is 32.1. The molecule has 1 aromatic carbocycles. The van der Waals surface area contributed by atoms with E-state index < -0.39 is 0 Å². The molecule has 16 heavy (non-hydrogen) atoms. The van der Waals surface area contributed by atoms with E-state index in [2.05, 4.69) is 14.7 Å². The second-order valence-corrected chi connectivity index (χ2v) is 3.82. The van der Waals surface area contributed by atoms with Crippen LogP contribution in [-0.4, -0.2) is 22.5 Å². The molecule has 0 atom stereocenters. The SMILES string of the molecule is NCCOc1cccc(Nc2ncns2)c1. The van der Waals surface area contributed by atoms with Crippen LogP contribution in [0.25, 0.3) is 0 Å². The molecule has 0 radical (unpaired) electrons. The Morgan fingerprint density at radius 1 is 1.44 bits per heavy atom. The molecule has 1 aromatic heterocycles. The van der Waals surface area contributed by atoms with Gasteiger partial charge < -0.3 is 15.8 Å². The standard InChI is InChI=1S/C10H12N4OS/c11-4-5-15-9-3-1-2-8(6-9)14-10-12-7-13-16-10/h1-3,6-7H,4-5,11H2,(H,12,13,14). The largest absolute Gasteiger partial charge is 0.492 e. The third kappa shape index (κ3) is 2.91. The van der Waals surface area contributed by atoms with Gasteiger partial charge in [-0.25, -0.2) is 4.98 Å². The Morgan fingerprint density at radius 3 is 3.12 bits per heavy atom. The summed E-state index contributed by atoms with van der Waals surface area (Å²) in [5.74, 6) is 0.792. The first-order valence-electron chi connectivity index (χ1n) is 4.85. The minimum absolute atomic E-state index is 0.508. The van der Waals surface area contributed by atoms with Gasteiger partial charge in [-0.15, -0.1) is 0 Å². The fourth-order valence-electron chi connectivity index (χ4n) is 1.19. The Hall–Kier alpha value is -1.66. The lowest BCUT2D eigenvalue weighted by Crippen LogP contribution is -2.10. The maximum absolute atomic E-state index is 5.42. The number of anilines is 2. The van der Waals surface area contributed by atoms with Crippen LogP contribution in [0.5, 0.6) is 5.75 Å². The highest BCUT2D eigenvalue weighted by molar-refractivity contribution is 7.09. The summed E-state index contributed by atoms with van der Waals surface area (Å²) >= 11 is 1.31. The van der Waals surface area contributed by atoms with Crippen molar-refractivity contribution < 1.29 is 4.74 Å². The van der Waals surface area contributed by atoms with Gasteiger partial charge in [-0.2, -0.15) is 4.37 Å². The monoisotopic (exact) mass is 236 g/mol. The van der Waals surface area contributed by atoms with E-state index in [0.717, 1.165) is 16.6 Å². The molecule has 84 valence electrons. The van der Waals surface area contributed by atoms with Crippen LogP contribution < -0.4 is 15.8 Å². The molecule has 0 saturated carbocycles. The molecule has 0 aliphatic heterocycles. The predicted molar refractivity (Wildman–Crippen MR) is 64.2 cm³/mol. The van der Waals surface area contributed by atoms with Gasteiger partial charge in [-0.05, 0) is 12.1 Å². The summed E-state index contributed by atoms with van der Waals surface area (Å²) in [4.78, 5) is 4.04. The molecule has 0 bridgehead atoms. The summed E-state index contributed by atoms with van der Waals surface area (Å²) in [6.07, 6.45) is 1.52. The average molecular weight is 236 g/mol. The number of nitrogens with two attached hydrogens (primary N) is 1. The van der Waals surface area contributed by atoms with Crippen molar-refractivity contribution in [3.05, 3.63) is 30.6 Å². The van der Waals surface area contributed by atoms with Crippen LogP contribution in [0.4, 0.5) is 10.8 Å². The average Bonchev–Trinajstić information content (AvgIpc) is 2.80. The first-order chi connectivity index (χ1) is 7.88. The Labute approximate surface area is 97.4 Å². The van der Waals surface area contributed by atoms with Crippen molar-refractivity contribution in [3.63, 3.8) is 0 Å². The number of nitrogens with zero attached hydrogens (tertiary/aromatic N) is 2. The quantitative estimate of drug-likeness (QED) is 0.825. The van der Waals surface area contributed by atoms with Crippen LogP contribution in [0.2, 0.25) is 0 Å². The minimum atomic E-state index is 0.508. The molecule has 0 spiro atoms. The maximum Gasteiger partial charge on any atom is 0.206 e. The second-order valence-electron chi connectivity index (χ2n) is 3.04. The molecule has 0 saturated heterocycles. The normalized spacial score (nSPS) is 10.1. The van der Waals surface area contributed by atoms with E-state index >= 15 is 0 Å². The van der Waals surface area contributed by atoms with E-state index in [1.807, 2.05) is 24.3 Å². The summed E-state index contributed by atoms with van der Waals surface area (Å²) in [7, 11) is 0. The van der Waals surface area contributed by atoms with Gasteiger partial charge >= 0.3 is 0 Å². The van der Waals surface area contributed by atoms with E-state index in [4.69, 9.17) is 10.5 Å². The molecule has 3 N–H and O–H groups in total. The number of hydrogen-bond donors (Lipinski definition) is 2. The lowest BCUT2D eigenvalue weighted by Gasteiger charge is -2.06. The van der Waals surface area contributed by atoms with Crippen molar-refractivity contribution in [1.82, 2.24) is 9.36 Å². The fraction of sp³-hybridized carbons (Fsp3) is 0.200. The fourth-order valence-corrected chi connectivity index (χ4v) is 1.64. The number of aromatic nitrogens is 2. The lowest BCUT2D eigenvalue weighted by atomic mass is 10.3. The van der Waals surface area contributed by atoms with Crippen molar-refractivity contribution in [3.8, 4) is 5.75 Å². The van der Waals surface area contributed by atoms with Crippen molar-refractivity contribution in [2.75, 3.05) is 18.5 Å². The summed E-state index contributed by atoms with van der Waals surface area (Å²) in [6.45, 7) is 1.02. The maximum atomic E-state index is 5.42. The second kappa shape index (κ2) is 5.43. The van der Waals surface area contributed by atoms with Crippen LogP contribution in [0.15, 0.2) is 30.6 Å². The Balaban J connectivity index is 2.04. The number of ether oxygens (including phenoxy) is 1. The molecule has 5 nitrogen and oxygen atoms in total. The van der Waals surface area contributed by atoms with Crippen LogP contribution >= 0.6 is 11.5 Å². The molecule has 6 heteroatoms. The topological polar surface area (TPSA) is 73.1 Å². The van der Waals surface area contributed by atoms with E-state index in [-0.39, 0.29) is 0 Å². The Kier molecular flexibility index (Phi) is 3.68. The molecule has 2 aromatic rings. The van der Waals surface area contributed by atoms with Crippen molar-refractivity contribution in [2.45, 2.75) is 0 Å². The number of benzene rings is 1. The first-order valence-corrected chi connectivity index (χ1v) is 5.62. The third-order valence-corrected chi connectivity index (χ3v) is 2.41. The summed E-state index contributed by atoms with van der Waals surface area (Å²) in [5, 5.41) is 3.89. The van der Waals surface area contributed by atoms with Gasteiger partial charge in [-0.3, -0.25) is 0 Å². The first kappa shape index (κ1) is 10.8. The Bertz CT molecular complexity index is 432. The Morgan fingerprint density at radius 2 is 2.38 bits per heavy atom. The minimum Gasteiger partial charge on any atom is -0.492 e. The molecule has 2 rings (SSSR count). The summed E-state index contributed by atoms with van der Waals surface area (Å²) in [6, 6.07) is 7.64. The van der Waals surface area contributed by atoms with E-state index in [9.17, 15) is 0 Å². The summed E-state index contributed by atoms with van der Waals surface area (Å²) < 4.78 is 9.33. The smallest absolute Gasteiger partial charge is 0.206 e. The van der Waals surface area contributed by atoms with Gasteiger partial charge in [0.1, 0.15) is 18.7 Å². The van der Waals surface area contributed by atoms with E-state index in [1.54, 1.807) is 0 Å². The van der Waals surface area contributed by atoms with Gasteiger partial charge in [0.25, 0.3) is 0 Å². The zero-order chi connectivity index (χ0) is 11.2. The van der Waals surface area contributed by atoms with Gasteiger partial charge in [0.15, 0.2) is 0 Å². The van der Waals surface area contributed by atoms with E-state index in [1.165, 1.54) is 17.9 Å².